The van der Waals surface area contributed by atoms with Crippen LogP contribution in [0.2, 0.25) is 0 Å². The first-order valence-corrected chi connectivity index (χ1v) is 6.90. The van der Waals surface area contributed by atoms with Crippen LogP contribution in [-0.4, -0.2) is 30.7 Å². The van der Waals surface area contributed by atoms with Gasteiger partial charge in [-0.3, -0.25) is 0 Å². The van der Waals surface area contributed by atoms with Gasteiger partial charge in [-0.05, 0) is 39.0 Å². The smallest absolute Gasteiger partial charge is 0.0786 e. The molecule has 2 heteroatoms. The molecule has 2 nitrogen and oxygen atoms in total. The molecule has 0 aromatic carbocycles. The third-order valence-corrected chi connectivity index (χ3v) is 3.92. The van der Waals surface area contributed by atoms with Gasteiger partial charge in [-0.1, -0.05) is 19.8 Å². The lowest BCUT2D eigenvalue weighted by atomic mass is 10.1. The van der Waals surface area contributed by atoms with Gasteiger partial charge in [-0.2, -0.15) is 0 Å². The Morgan fingerprint density at radius 3 is 2.06 bits per heavy atom. The summed E-state index contributed by atoms with van der Waals surface area (Å²) in [5, 5.41) is 6.25. The normalized spacial score (nSPS) is 18.5. The Morgan fingerprint density at radius 1 is 0.938 bits per heavy atom. The van der Waals surface area contributed by atoms with Gasteiger partial charge >= 0.3 is 0 Å². The maximum absolute atomic E-state index is 6.25. The molecule has 0 saturated carbocycles. The lowest BCUT2D eigenvalue weighted by molar-refractivity contribution is -0.931. The van der Waals surface area contributed by atoms with Crippen molar-refractivity contribution in [2.24, 2.45) is 0 Å². The fourth-order valence-corrected chi connectivity index (χ4v) is 2.75. The van der Waals surface area contributed by atoms with Crippen molar-refractivity contribution in [1.29, 1.82) is 5.26 Å². The predicted octanol–water partition coefficient (Wildman–Crippen LogP) is 3.68. The zero-order valence-corrected chi connectivity index (χ0v) is 11.2. The minimum atomic E-state index is 1.37. The van der Waals surface area contributed by atoms with E-state index in [4.69, 9.17) is 11.8 Å². The van der Waals surface area contributed by atoms with Crippen molar-refractivity contribution in [3.63, 3.8) is 0 Å². The molecule has 0 unspecified atom stereocenters. The summed E-state index contributed by atoms with van der Waals surface area (Å²) in [5.41, 5.74) is 0. The van der Waals surface area contributed by atoms with E-state index >= 15 is 0 Å². The molecule has 1 saturated heterocycles. The third-order valence-electron chi connectivity index (χ3n) is 3.92. The minimum absolute atomic E-state index is 1.37. The van der Waals surface area contributed by atoms with Crippen molar-refractivity contribution >= 4 is 0 Å². The molecular formula is C14H28N2. The van der Waals surface area contributed by atoms with Crippen LogP contribution in [0.4, 0.5) is 0 Å². The predicted molar refractivity (Wildman–Crippen MR) is 68.4 cm³/mol. The van der Waals surface area contributed by atoms with E-state index in [1.165, 1.54) is 75.6 Å². The van der Waals surface area contributed by atoms with E-state index < -0.39 is 0 Å². The standard InChI is InChI=1S/C13H28N.CN/c1-3-5-6-8-11-14(4-2)12-9-7-10-13-14;1-2/h3-13H2,1-2H3;/q+1;-1. The van der Waals surface area contributed by atoms with Crippen molar-refractivity contribution in [3.05, 3.63) is 6.57 Å². The highest BCUT2D eigenvalue weighted by molar-refractivity contribution is 4.54. The van der Waals surface area contributed by atoms with Crippen LogP contribution in [0.5, 0.6) is 0 Å². The van der Waals surface area contributed by atoms with Crippen LogP contribution in [0, 0.1) is 11.8 Å². The number of hydrogen-bond acceptors (Lipinski definition) is 1. The van der Waals surface area contributed by atoms with Gasteiger partial charge in [-0.15, -0.1) is 0 Å². The van der Waals surface area contributed by atoms with E-state index in [1.807, 2.05) is 0 Å². The molecule has 0 N–H and O–H groups in total. The average molecular weight is 224 g/mol. The number of likely N-dealkylation sites (tertiary alicyclic amines) is 1. The molecule has 0 aliphatic carbocycles. The highest BCUT2D eigenvalue weighted by Gasteiger charge is 2.26. The lowest BCUT2D eigenvalue weighted by Gasteiger charge is -2.41. The highest BCUT2D eigenvalue weighted by atomic mass is 15.3. The Morgan fingerprint density at radius 2 is 1.56 bits per heavy atom. The number of rotatable bonds is 6. The third kappa shape index (κ3) is 5.51. The van der Waals surface area contributed by atoms with E-state index in [9.17, 15) is 0 Å². The monoisotopic (exact) mass is 224 g/mol. The zero-order chi connectivity index (χ0) is 12.3. The topological polar surface area (TPSA) is 23.8 Å². The molecule has 0 bridgehead atoms. The fourth-order valence-electron chi connectivity index (χ4n) is 2.75. The second kappa shape index (κ2) is 9.66. The molecule has 1 fully saturated rings. The van der Waals surface area contributed by atoms with Crippen molar-refractivity contribution in [3.8, 4) is 0 Å². The van der Waals surface area contributed by atoms with Gasteiger partial charge in [0.25, 0.3) is 0 Å². The summed E-state index contributed by atoms with van der Waals surface area (Å²) in [6, 6.07) is 0. The van der Waals surface area contributed by atoms with E-state index in [2.05, 4.69) is 13.8 Å². The number of nitrogens with zero attached hydrogens (tertiary/aromatic N) is 2. The number of unbranched alkanes of at least 4 members (excludes halogenated alkanes) is 3. The highest BCUT2D eigenvalue weighted by Crippen LogP contribution is 2.19. The van der Waals surface area contributed by atoms with Gasteiger partial charge in [-0.25, -0.2) is 0 Å². The largest absolute Gasteiger partial charge is 0.512 e. The molecule has 1 rings (SSSR count). The maximum Gasteiger partial charge on any atom is 0.0786 e. The maximum atomic E-state index is 6.25. The molecule has 0 spiro atoms. The van der Waals surface area contributed by atoms with Gasteiger partial charge in [0.2, 0.25) is 0 Å². The van der Waals surface area contributed by atoms with Crippen LogP contribution in [0.15, 0.2) is 0 Å². The van der Waals surface area contributed by atoms with Gasteiger partial charge in [0.1, 0.15) is 0 Å². The average Bonchev–Trinajstić information content (AvgIpc) is 2.38. The van der Waals surface area contributed by atoms with Crippen molar-refractivity contribution < 1.29 is 4.48 Å². The minimum Gasteiger partial charge on any atom is -0.512 e. The molecule has 0 aromatic heterocycles. The first-order chi connectivity index (χ1) is 7.83. The van der Waals surface area contributed by atoms with Crippen LogP contribution in [0.1, 0.15) is 58.8 Å². The summed E-state index contributed by atoms with van der Waals surface area (Å²) in [5.74, 6) is 0. The second-order valence-electron chi connectivity index (χ2n) is 4.95. The molecule has 16 heavy (non-hydrogen) atoms. The van der Waals surface area contributed by atoms with E-state index in [0.717, 1.165) is 0 Å². The molecule has 94 valence electrons. The van der Waals surface area contributed by atoms with Crippen LogP contribution in [-0.2, 0) is 0 Å². The van der Waals surface area contributed by atoms with E-state index in [1.54, 1.807) is 0 Å². The summed E-state index contributed by atoms with van der Waals surface area (Å²) in [6.45, 7) is 15.2. The van der Waals surface area contributed by atoms with Gasteiger partial charge < -0.3 is 16.3 Å². The number of quaternary nitrogens is 1. The molecule has 1 aliphatic rings. The molecule has 0 atom stereocenters. The summed E-state index contributed by atoms with van der Waals surface area (Å²) in [4.78, 5) is 0. The molecule has 0 radical (unpaired) electrons. The Balaban J connectivity index is 0.00000106. The molecule has 0 amide bonds. The molecule has 0 aromatic rings. The number of hydrogen-bond donors (Lipinski definition) is 0. The second-order valence-corrected chi connectivity index (χ2v) is 4.95. The van der Waals surface area contributed by atoms with Crippen LogP contribution >= 0.6 is 0 Å². The first kappa shape index (κ1) is 15.4. The molecular weight excluding hydrogens is 196 g/mol. The van der Waals surface area contributed by atoms with E-state index in [0.29, 0.717) is 0 Å². The molecule has 1 heterocycles. The zero-order valence-electron chi connectivity index (χ0n) is 11.2. The number of piperidine rings is 1. The van der Waals surface area contributed by atoms with Crippen molar-refractivity contribution in [2.45, 2.75) is 58.8 Å². The van der Waals surface area contributed by atoms with E-state index in [-0.39, 0.29) is 0 Å². The SMILES string of the molecule is CCCCCC[N+]1(CC)CCCCC1.[C-]#N. The summed E-state index contributed by atoms with van der Waals surface area (Å²) >= 11 is 0. The lowest BCUT2D eigenvalue weighted by Crippen LogP contribution is -2.51. The van der Waals surface area contributed by atoms with Crippen LogP contribution in [0.3, 0.4) is 0 Å². The van der Waals surface area contributed by atoms with Crippen LogP contribution in [0.25, 0.3) is 0 Å². The fraction of sp³-hybridized carbons (Fsp3) is 0.929. The quantitative estimate of drug-likeness (QED) is 0.383. The Labute approximate surface area is 102 Å². The van der Waals surface area contributed by atoms with Gasteiger partial charge in [0.05, 0.1) is 26.2 Å². The Kier molecular flexibility index (Phi) is 9.33. The Bertz CT molecular complexity index is 169. The summed E-state index contributed by atoms with van der Waals surface area (Å²) in [6.07, 6.45) is 10.1. The van der Waals surface area contributed by atoms with Gasteiger partial charge in [0.15, 0.2) is 0 Å². The first-order valence-electron chi connectivity index (χ1n) is 6.90. The van der Waals surface area contributed by atoms with Crippen LogP contribution < -0.4 is 0 Å². The van der Waals surface area contributed by atoms with Crippen molar-refractivity contribution in [2.75, 3.05) is 26.2 Å². The van der Waals surface area contributed by atoms with Crippen molar-refractivity contribution in [1.82, 2.24) is 0 Å². The summed E-state index contributed by atoms with van der Waals surface area (Å²) in [7, 11) is 0. The molecule has 1 aliphatic heterocycles. The van der Waals surface area contributed by atoms with Gasteiger partial charge in [0, 0.05) is 0 Å². The summed E-state index contributed by atoms with van der Waals surface area (Å²) < 4.78 is 1.43. The Hall–Kier alpha value is -0.550.